The number of hydrogen-bond donors (Lipinski definition) is 3. The third-order valence-corrected chi connectivity index (χ3v) is 6.00. The summed E-state index contributed by atoms with van der Waals surface area (Å²) >= 11 is 0. The molecule has 30 heavy (non-hydrogen) atoms. The van der Waals surface area contributed by atoms with E-state index in [1.165, 1.54) is 28.9 Å². The molecule has 0 atom stereocenters. The smallest absolute Gasteiger partial charge is 0.240 e. The first-order chi connectivity index (χ1) is 14.4. The van der Waals surface area contributed by atoms with Gasteiger partial charge in [0.2, 0.25) is 10.0 Å². The second kappa shape index (κ2) is 7.63. The Morgan fingerprint density at radius 1 is 1.20 bits per heavy atom. The molecule has 2 heterocycles. The molecule has 1 saturated carbocycles. The molecule has 11 heteroatoms. The summed E-state index contributed by atoms with van der Waals surface area (Å²) in [5.74, 6) is 0.377. The molecule has 3 aromatic rings. The highest BCUT2D eigenvalue weighted by molar-refractivity contribution is 7.89. The lowest BCUT2D eigenvalue weighted by molar-refractivity contribution is 0.584. The van der Waals surface area contributed by atoms with E-state index in [1.807, 2.05) is 6.07 Å². The Morgan fingerprint density at radius 3 is 2.67 bits per heavy atom. The fourth-order valence-corrected chi connectivity index (χ4v) is 4.08. The topological polar surface area (TPSA) is 148 Å². The fraction of sp³-hybridized carbons (Fsp3) is 0.263. The van der Waals surface area contributed by atoms with Crippen LogP contribution in [0.1, 0.15) is 31.0 Å². The van der Waals surface area contributed by atoms with Crippen molar-refractivity contribution >= 4 is 32.9 Å². The van der Waals surface area contributed by atoms with Crippen LogP contribution in [0.5, 0.6) is 0 Å². The maximum Gasteiger partial charge on any atom is 0.240 e. The van der Waals surface area contributed by atoms with Crippen LogP contribution >= 0.6 is 0 Å². The highest BCUT2D eigenvalue weighted by atomic mass is 32.2. The molecule has 0 spiro atoms. The van der Waals surface area contributed by atoms with Gasteiger partial charge in [-0.3, -0.25) is 0 Å². The molecule has 0 aliphatic heterocycles. The van der Waals surface area contributed by atoms with E-state index in [0.29, 0.717) is 28.9 Å². The first-order valence-electron chi connectivity index (χ1n) is 9.31. The third-order valence-electron chi connectivity index (χ3n) is 4.47. The van der Waals surface area contributed by atoms with Gasteiger partial charge in [0.15, 0.2) is 17.2 Å². The number of imidazole rings is 1. The largest absolute Gasteiger partial charge is 0.379 e. The van der Waals surface area contributed by atoms with Crippen molar-refractivity contribution in [1.29, 1.82) is 10.5 Å². The second-order valence-electron chi connectivity index (χ2n) is 6.84. The number of nitrogens with one attached hydrogen (secondary N) is 3. The Kier molecular flexibility index (Phi) is 4.99. The van der Waals surface area contributed by atoms with Gasteiger partial charge >= 0.3 is 0 Å². The fourth-order valence-electron chi connectivity index (χ4n) is 2.97. The standard InChI is InChI=1S/C19H18N8O2S/c1-2-23-30(28,29)16-6-12(9-20)5-14(7-16)25-18-8-17(24-13-3-4-13)19-22-11-15(10-21)27(19)26-18/h5-8,11,13,23-24H,2-4H2,1H3,(H,25,26). The molecule has 3 N–H and O–H groups in total. The first kappa shape index (κ1) is 19.6. The Labute approximate surface area is 173 Å². The van der Waals surface area contributed by atoms with E-state index in [1.54, 1.807) is 13.0 Å². The molecule has 0 radical (unpaired) electrons. The number of nitriles is 2. The quantitative estimate of drug-likeness (QED) is 0.524. The first-order valence-corrected chi connectivity index (χ1v) is 10.8. The Bertz CT molecular complexity index is 1310. The van der Waals surface area contributed by atoms with Crippen LogP contribution in [0.4, 0.5) is 17.2 Å². The summed E-state index contributed by atoms with van der Waals surface area (Å²) in [5, 5.41) is 29.5. The van der Waals surface area contributed by atoms with E-state index in [4.69, 9.17) is 0 Å². The molecule has 1 fully saturated rings. The van der Waals surface area contributed by atoms with Crippen molar-refractivity contribution in [2.24, 2.45) is 0 Å². The molecule has 0 unspecified atom stereocenters. The molecule has 0 saturated heterocycles. The minimum Gasteiger partial charge on any atom is -0.379 e. The number of rotatable bonds is 7. The lowest BCUT2D eigenvalue weighted by Gasteiger charge is -2.12. The van der Waals surface area contributed by atoms with Gasteiger partial charge in [-0.1, -0.05) is 6.92 Å². The van der Waals surface area contributed by atoms with Crippen LogP contribution in [-0.4, -0.2) is 35.6 Å². The lowest BCUT2D eigenvalue weighted by Crippen LogP contribution is -2.23. The zero-order chi connectivity index (χ0) is 21.3. The highest BCUT2D eigenvalue weighted by Gasteiger charge is 2.23. The van der Waals surface area contributed by atoms with Crippen molar-refractivity contribution in [2.75, 3.05) is 17.2 Å². The summed E-state index contributed by atoms with van der Waals surface area (Å²) in [4.78, 5) is 4.25. The van der Waals surface area contributed by atoms with Gasteiger partial charge in [-0.15, -0.1) is 5.10 Å². The molecule has 1 aromatic carbocycles. The van der Waals surface area contributed by atoms with E-state index in [0.717, 1.165) is 12.8 Å². The molecule has 4 rings (SSSR count). The number of fused-ring (bicyclic) bond motifs is 1. The van der Waals surface area contributed by atoms with Crippen LogP contribution in [0.15, 0.2) is 35.4 Å². The van der Waals surface area contributed by atoms with Crippen LogP contribution in [0.25, 0.3) is 5.65 Å². The molecule has 0 bridgehead atoms. The number of aromatic nitrogens is 3. The molecular weight excluding hydrogens is 404 g/mol. The van der Waals surface area contributed by atoms with Gasteiger partial charge in [0.05, 0.1) is 28.4 Å². The summed E-state index contributed by atoms with van der Waals surface area (Å²) in [6, 6.07) is 10.4. The van der Waals surface area contributed by atoms with Crippen LogP contribution in [0, 0.1) is 22.7 Å². The summed E-state index contributed by atoms with van der Waals surface area (Å²) in [5.41, 5.74) is 2.09. The zero-order valence-electron chi connectivity index (χ0n) is 16.0. The average molecular weight is 422 g/mol. The number of nitrogens with zero attached hydrogens (tertiary/aromatic N) is 5. The molecule has 0 amide bonds. The van der Waals surface area contributed by atoms with Crippen molar-refractivity contribution in [3.05, 3.63) is 41.7 Å². The molecule has 152 valence electrons. The highest BCUT2D eigenvalue weighted by Crippen LogP contribution is 2.29. The minimum absolute atomic E-state index is 0.0244. The van der Waals surface area contributed by atoms with E-state index >= 15 is 0 Å². The van der Waals surface area contributed by atoms with Gasteiger partial charge in [-0.2, -0.15) is 15.0 Å². The Balaban J connectivity index is 1.77. The number of anilines is 3. The van der Waals surface area contributed by atoms with Crippen LogP contribution < -0.4 is 15.4 Å². The predicted molar refractivity (Wildman–Crippen MR) is 110 cm³/mol. The van der Waals surface area contributed by atoms with Crippen molar-refractivity contribution in [1.82, 2.24) is 19.3 Å². The van der Waals surface area contributed by atoms with Gasteiger partial charge in [0.25, 0.3) is 0 Å². The van der Waals surface area contributed by atoms with Gasteiger partial charge in [-0.25, -0.2) is 18.1 Å². The molecule has 1 aliphatic carbocycles. The van der Waals surface area contributed by atoms with Crippen molar-refractivity contribution in [2.45, 2.75) is 30.7 Å². The van der Waals surface area contributed by atoms with E-state index in [-0.39, 0.29) is 22.7 Å². The van der Waals surface area contributed by atoms with Crippen molar-refractivity contribution in [3.63, 3.8) is 0 Å². The number of sulfonamides is 1. The van der Waals surface area contributed by atoms with Gasteiger partial charge in [0, 0.05) is 24.3 Å². The van der Waals surface area contributed by atoms with E-state index in [2.05, 4.69) is 31.5 Å². The number of benzene rings is 1. The number of hydrogen-bond acceptors (Lipinski definition) is 8. The molecular formula is C19H18N8O2S. The third kappa shape index (κ3) is 3.89. The summed E-state index contributed by atoms with van der Waals surface area (Å²) in [7, 11) is -3.74. The summed E-state index contributed by atoms with van der Waals surface area (Å²) in [6.07, 6.45) is 3.55. The normalized spacial score (nSPS) is 13.6. The summed E-state index contributed by atoms with van der Waals surface area (Å²) in [6.45, 7) is 1.91. The average Bonchev–Trinajstić information content (AvgIpc) is 3.44. The Hall–Kier alpha value is -3.67. The Morgan fingerprint density at radius 2 is 2.00 bits per heavy atom. The lowest BCUT2D eigenvalue weighted by atomic mass is 10.2. The maximum atomic E-state index is 12.4. The van der Waals surface area contributed by atoms with Crippen molar-refractivity contribution < 1.29 is 8.42 Å². The SMILES string of the molecule is CCNS(=O)(=O)c1cc(C#N)cc(Nc2cc(NC3CC3)c3ncc(C#N)n3n2)c1. The zero-order valence-corrected chi connectivity index (χ0v) is 16.9. The van der Waals surface area contributed by atoms with Gasteiger partial charge < -0.3 is 10.6 Å². The monoisotopic (exact) mass is 422 g/mol. The molecule has 1 aliphatic rings. The molecule has 2 aromatic heterocycles. The van der Waals surface area contributed by atoms with E-state index in [9.17, 15) is 18.9 Å². The summed E-state index contributed by atoms with van der Waals surface area (Å²) < 4.78 is 28.6. The maximum absolute atomic E-state index is 12.4. The minimum atomic E-state index is -3.74. The van der Waals surface area contributed by atoms with Crippen LogP contribution in [0.2, 0.25) is 0 Å². The van der Waals surface area contributed by atoms with E-state index < -0.39 is 10.0 Å². The second-order valence-corrected chi connectivity index (χ2v) is 8.60. The van der Waals surface area contributed by atoms with Crippen LogP contribution in [0.3, 0.4) is 0 Å². The predicted octanol–water partition coefficient (Wildman–Crippen LogP) is 2.09. The molecule has 10 nitrogen and oxygen atoms in total. The van der Waals surface area contributed by atoms with Crippen molar-refractivity contribution in [3.8, 4) is 12.1 Å². The van der Waals surface area contributed by atoms with Crippen LogP contribution in [-0.2, 0) is 10.0 Å². The van der Waals surface area contributed by atoms with Gasteiger partial charge in [0.1, 0.15) is 6.07 Å². The van der Waals surface area contributed by atoms with Gasteiger partial charge in [-0.05, 0) is 31.0 Å².